The van der Waals surface area contributed by atoms with Gasteiger partial charge in [-0.05, 0) is 0 Å². The quantitative estimate of drug-likeness (QED) is 0.479. The number of rotatable bonds is 1. The maximum Gasteiger partial charge on any atom is -1.00 e. The van der Waals surface area contributed by atoms with Crippen molar-refractivity contribution in [2.24, 2.45) is 0 Å². The fourth-order valence-corrected chi connectivity index (χ4v) is 1.52. The van der Waals surface area contributed by atoms with Crippen LogP contribution in [0.4, 0.5) is 5.69 Å². The summed E-state index contributed by atoms with van der Waals surface area (Å²) in [6.07, 6.45) is 0. The molecule has 56 valence electrons. The van der Waals surface area contributed by atoms with Gasteiger partial charge in [0, 0.05) is 0 Å². The van der Waals surface area contributed by atoms with Gasteiger partial charge in [0.1, 0.15) is 0 Å². The van der Waals surface area contributed by atoms with Crippen molar-refractivity contribution in [3.63, 3.8) is 0 Å². The molecule has 1 nitrogen and oxygen atoms in total. The molecule has 0 unspecified atom stereocenters. The van der Waals surface area contributed by atoms with Crippen LogP contribution in [0.1, 0.15) is 0 Å². The number of para-hydroxylation sites is 1. The number of nitrogens with zero attached hydrogens (tertiary/aromatic N) is 1. The van der Waals surface area contributed by atoms with Crippen molar-refractivity contribution in [1.82, 2.24) is 0 Å². The van der Waals surface area contributed by atoms with Crippen molar-refractivity contribution in [3.05, 3.63) is 24.3 Å². The van der Waals surface area contributed by atoms with E-state index in [4.69, 9.17) is 0 Å². The topological polar surface area (TPSA) is 3.24 Å². The van der Waals surface area contributed by atoms with E-state index < -0.39 is 0 Å². The van der Waals surface area contributed by atoms with Gasteiger partial charge in [-0.2, -0.15) is 0 Å². The molecule has 0 fully saturated rings. The molecule has 0 heterocycles. The summed E-state index contributed by atoms with van der Waals surface area (Å²) in [7, 11) is 4.12. The Kier molecular flexibility index (Phi) is 5.13. The van der Waals surface area contributed by atoms with Crippen LogP contribution in [0, 0.1) is 0 Å². The molecule has 0 saturated carbocycles. The molecule has 0 radical (unpaired) electrons. The van der Waals surface area contributed by atoms with Gasteiger partial charge in [-0.25, -0.2) is 0 Å². The first-order valence-corrected chi connectivity index (χ1v) is 4.01. The number of anilines is 1. The first-order chi connectivity index (χ1) is 4.72. The van der Waals surface area contributed by atoms with Crippen molar-refractivity contribution in [1.29, 1.82) is 0 Å². The zero-order valence-electron chi connectivity index (χ0n) is 6.84. The summed E-state index contributed by atoms with van der Waals surface area (Å²) >= 11 is 1.92. The van der Waals surface area contributed by atoms with E-state index in [-0.39, 0.29) is 17.0 Å². The summed E-state index contributed by atoms with van der Waals surface area (Å²) < 4.78 is 1.35. The van der Waals surface area contributed by atoms with Crippen molar-refractivity contribution >= 4 is 31.1 Å². The van der Waals surface area contributed by atoms with Crippen LogP contribution in [0.25, 0.3) is 0 Å². The van der Waals surface area contributed by atoms with E-state index in [1.54, 1.807) is 0 Å². The molecule has 0 aromatic heterocycles. The summed E-state index contributed by atoms with van der Waals surface area (Å²) in [5, 5.41) is 0. The Balaban J connectivity index is 0.000001000. The third-order valence-corrected chi connectivity index (χ3v) is 2.07. The smallest absolute Gasteiger partial charge is 1.00 e. The molecule has 0 aliphatic rings. The minimum Gasteiger partial charge on any atom is -1.00 e. The zero-order chi connectivity index (χ0) is 7.56. The normalized spacial score (nSPS) is 8.73. The van der Waals surface area contributed by atoms with Crippen LogP contribution >= 0.6 is 0 Å². The van der Waals surface area contributed by atoms with Crippen molar-refractivity contribution in [3.8, 4) is 0 Å². The molecule has 1 rings (SSSR count). The first-order valence-electron chi connectivity index (χ1n) is 3.30. The Morgan fingerprint density at radius 2 is 1.73 bits per heavy atom. The average molecular weight is 224 g/mol. The third kappa shape index (κ3) is 3.01. The number of hydrogen-bond donors (Lipinski definition) is 0. The molecule has 3 heteroatoms. The Morgan fingerprint density at radius 3 is 2.09 bits per heavy atom. The largest absolute Gasteiger partial charge is 1.00 e. The number of hydrogen-bond acceptors (Lipinski definition) is 1. The van der Waals surface area contributed by atoms with Crippen LogP contribution in [0.3, 0.4) is 0 Å². The van der Waals surface area contributed by atoms with E-state index in [9.17, 15) is 0 Å². The SMILES string of the molecule is CN(C)c1cccc[c]1[Mg+].[Br-]. The first kappa shape index (κ1) is 11.3. The van der Waals surface area contributed by atoms with Gasteiger partial charge in [0.2, 0.25) is 0 Å². The van der Waals surface area contributed by atoms with Crippen LogP contribution in [-0.2, 0) is 0 Å². The van der Waals surface area contributed by atoms with Crippen LogP contribution < -0.4 is 25.6 Å². The molecule has 0 amide bonds. The second-order valence-corrected chi connectivity index (χ2v) is 3.28. The number of benzene rings is 1. The minimum absolute atomic E-state index is 0. The molecule has 0 atom stereocenters. The van der Waals surface area contributed by atoms with E-state index in [2.05, 4.69) is 43.3 Å². The summed E-state index contributed by atoms with van der Waals surface area (Å²) in [6, 6.07) is 8.39. The molecule has 0 N–H and O–H groups in total. The summed E-state index contributed by atoms with van der Waals surface area (Å²) in [5.74, 6) is 0. The van der Waals surface area contributed by atoms with Gasteiger partial charge in [0.15, 0.2) is 0 Å². The maximum atomic E-state index is 2.13. The second-order valence-electron chi connectivity index (χ2n) is 2.52. The molecule has 0 bridgehead atoms. The van der Waals surface area contributed by atoms with Crippen molar-refractivity contribution < 1.29 is 17.0 Å². The molecular formula is C8H10BrMgN. The summed E-state index contributed by atoms with van der Waals surface area (Å²) in [4.78, 5) is 2.13. The Hall–Kier alpha value is 0.266. The second kappa shape index (κ2) is 5.01. The minimum atomic E-state index is 0. The number of halogens is 1. The van der Waals surface area contributed by atoms with Gasteiger partial charge in [-0.3, -0.25) is 0 Å². The van der Waals surface area contributed by atoms with E-state index in [0.717, 1.165) is 0 Å². The van der Waals surface area contributed by atoms with Crippen LogP contribution in [0.2, 0.25) is 0 Å². The van der Waals surface area contributed by atoms with Gasteiger partial charge >= 0.3 is 74.3 Å². The molecule has 1 aromatic carbocycles. The summed E-state index contributed by atoms with van der Waals surface area (Å²) in [5.41, 5.74) is 1.31. The van der Waals surface area contributed by atoms with E-state index in [0.29, 0.717) is 0 Å². The van der Waals surface area contributed by atoms with Gasteiger partial charge < -0.3 is 17.0 Å². The average Bonchev–Trinajstić information content (AvgIpc) is 1.88. The predicted octanol–water partition coefficient (Wildman–Crippen LogP) is -2.45. The molecule has 0 saturated heterocycles. The fraction of sp³-hybridized carbons (Fsp3) is 0.250. The van der Waals surface area contributed by atoms with E-state index in [1.807, 2.05) is 21.7 Å². The Morgan fingerprint density at radius 1 is 1.18 bits per heavy atom. The molecule has 0 aliphatic heterocycles. The third-order valence-electron chi connectivity index (χ3n) is 1.47. The van der Waals surface area contributed by atoms with Gasteiger partial charge in [-0.1, -0.05) is 0 Å². The molecule has 1 aromatic rings. The summed E-state index contributed by atoms with van der Waals surface area (Å²) in [6.45, 7) is 0. The van der Waals surface area contributed by atoms with Crippen molar-refractivity contribution in [2.75, 3.05) is 19.0 Å². The monoisotopic (exact) mass is 223 g/mol. The van der Waals surface area contributed by atoms with Crippen molar-refractivity contribution in [2.45, 2.75) is 0 Å². The van der Waals surface area contributed by atoms with Crippen LogP contribution in [-0.4, -0.2) is 35.8 Å². The van der Waals surface area contributed by atoms with Gasteiger partial charge in [0.25, 0.3) is 0 Å². The molecule has 11 heavy (non-hydrogen) atoms. The molecule has 0 aliphatic carbocycles. The van der Waals surface area contributed by atoms with Crippen LogP contribution in [0.15, 0.2) is 24.3 Å². The van der Waals surface area contributed by atoms with Gasteiger partial charge in [-0.15, -0.1) is 0 Å². The standard InChI is InChI=1S/C8H10N.BrH.Mg/c1-9(2)8-6-4-3-5-7-8;;/h3-6H,1-2H3;1H;/q;;+1/p-1. The van der Waals surface area contributed by atoms with Gasteiger partial charge in [0.05, 0.1) is 0 Å². The maximum absolute atomic E-state index is 2.13. The van der Waals surface area contributed by atoms with E-state index in [1.165, 1.54) is 9.38 Å². The predicted molar refractivity (Wildman–Crippen MR) is 46.2 cm³/mol. The Labute approximate surface area is 91.0 Å². The molecular weight excluding hydrogens is 214 g/mol. The fourth-order valence-electron chi connectivity index (χ4n) is 0.947. The molecule has 0 spiro atoms. The Bertz CT molecular complexity index is 225. The van der Waals surface area contributed by atoms with Crippen LogP contribution in [0.5, 0.6) is 0 Å². The zero-order valence-corrected chi connectivity index (χ0v) is 9.84. The van der Waals surface area contributed by atoms with E-state index >= 15 is 0 Å².